The molecule has 0 fully saturated rings. The van der Waals surface area contributed by atoms with Gasteiger partial charge in [-0.05, 0) is 18.4 Å². The number of carbonyl (C=O) groups excluding carboxylic acids is 1. The van der Waals surface area contributed by atoms with Crippen LogP contribution in [0.3, 0.4) is 0 Å². The lowest BCUT2D eigenvalue weighted by Gasteiger charge is -2.13. The summed E-state index contributed by atoms with van der Waals surface area (Å²) in [6.45, 7) is 4.53. The third-order valence-corrected chi connectivity index (χ3v) is 2.57. The smallest absolute Gasteiger partial charge is 0.232 e. The SMILES string of the molecule is CC(S)C(=O)NCC(C)c1ccccc1. The van der Waals surface area contributed by atoms with Gasteiger partial charge in [0.05, 0.1) is 5.25 Å². The third kappa shape index (κ3) is 3.96. The number of benzene rings is 1. The maximum atomic E-state index is 11.3. The van der Waals surface area contributed by atoms with Crippen molar-refractivity contribution in [2.45, 2.75) is 25.0 Å². The van der Waals surface area contributed by atoms with Gasteiger partial charge in [-0.3, -0.25) is 4.79 Å². The molecule has 0 heterocycles. The molecule has 1 aromatic carbocycles. The highest BCUT2D eigenvalue weighted by atomic mass is 32.1. The molecule has 1 rings (SSSR count). The molecule has 2 nitrogen and oxygen atoms in total. The topological polar surface area (TPSA) is 29.1 Å². The number of nitrogens with one attached hydrogen (secondary N) is 1. The summed E-state index contributed by atoms with van der Waals surface area (Å²) in [7, 11) is 0. The molecule has 2 atom stereocenters. The van der Waals surface area contributed by atoms with Gasteiger partial charge in [0.25, 0.3) is 0 Å². The zero-order chi connectivity index (χ0) is 11.3. The van der Waals surface area contributed by atoms with E-state index in [0.29, 0.717) is 12.5 Å². The maximum Gasteiger partial charge on any atom is 0.232 e. The Kier molecular flexibility index (Phi) is 4.69. The average Bonchev–Trinajstić information content (AvgIpc) is 2.26. The largest absolute Gasteiger partial charge is 0.355 e. The molecule has 2 unspecified atom stereocenters. The van der Waals surface area contributed by atoms with Crippen LogP contribution >= 0.6 is 12.6 Å². The monoisotopic (exact) mass is 223 g/mol. The number of hydrogen-bond acceptors (Lipinski definition) is 2. The van der Waals surface area contributed by atoms with Crippen molar-refractivity contribution < 1.29 is 4.79 Å². The normalized spacial score (nSPS) is 14.3. The minimum atomic E-state index is -0.243. The first kappa shape index (κ1) is 12.1. The quantitative estimate of drug-likeness (QED) is 0.753. The van der Waals surface area contributed by atoms with E-state index in [-0.39, 0.29) is 11.2 Å². The van der Waals surface area contributed by atoms with Crippen LogP contribution < -0.4 is 5.32 Å². The molecule has 1 N–H and O–H groups in total. The second-order valence-electron chi connectivity index (χ2n) is 3.73. The van der Waals surface area contributed by atoms with Crippen LogP contribution in [0, 0.1) is 0 Å². The Morgan fingerprint density at radius 1 is 1.33 bits per heavy atom. The second kappa shape index (κ2) is 5.81. The van der Waals surface area contributed by atoms with Gasteiger partial charge in [-0.25, -0.2) is 0 Å². The van der Waals surface area contributed by atoms with E-state index < -0.39 is 0 Å². The van der Waals surface area contributed by atoms with E-state index in [0.717, 1.165) is 0 Å². The van der Waals surface area contributed by atoms with Crippen LogP contribution in [-0.4, -0.2) is 17.7 Å². The van der Waals surface area contributed by atoms with Gasteiger partial charge in [0, 0.05) is 6.54 Å². The van der Waals surface area contributed by atoms with Crippen molar-refractivity contribution in [3.05, 3.63) is 35.9 Å². The Balaban J connectivity index is 2.44. The molecule has 0 spiro atoms. The number of carbonyl (C=O) groups is 1. The molecule has 0 aliphatic carbocycles. The van der Waals surface area contributed by atoms with E-state index in [1.165, 1.54) is 5.56 Å². The predicted octanol–water partition coefficient (Wildman–Crippen LogP) is 2.22. The highest BCUT2D eigenvalue weighted by molar-refractivity contribution is 7.81. The van der Waals surface area contributed by atoms with Gasteiger partial charge in [-0.1, -0.05) is 37.3 Å². The lowest BCUT2D eigenvalue weighted by Crippen LogP contribution is -2.32. The van der Waals surface area contributed by atoms with Crippen molar-refractivity contribution in [2.24, 2.45) is 0 Å². The highest BCUT2D eigenvalue weighted by Gasteiger charge is 2.10. The fraction of sp³-hybridized carbons (Fsp3) is 0.417. The van der Waals surface area contributed by atoms with Crippen LogP contribution in [0.25, 0.3) is 0 Å². The lowest BCUT2D eigenvalue weighted by molar-refractivity contribution is -0.120. The number of amides is 1. The molecule has 0 saturated carbocycles. The highest BCUT2D eigenvalue weighted by Crippen LogP contribution is 2.13. The Morgan fingerprint density at radius 3 is 2.47 bits per heavy atom. The molecule has 3 heteroatoms. The van der Waals surface area contributed by atoms with Gasteiger partial charge in [-0.2, -0.15) is 12.6 Å². The third-order valence-electron chi connectivity index (χ3n) is 2.33. The molecule has 0 aliphatic rings. The number of hydrogen-bond donors (Lipinski definition) is 2. The number of thiol groups is 1. The Labute approximate surface area is 96.5 Å². The van der Waals surface area contributed by atoms with Crippen LogP contribution in [-0.2, 0) is 4.79 Å². The summed E-state index contributed by atoms with van der Waals surface area (Å²) in [5, 5.41) is 2.62. The van der Waals surface area contributed by atoms with Crippen molar-refractivity contribution in [1.29, 1.82) is 0 Å². The molecule has 15 heavy (non-hydrogen) atoms. The summed E-state index contributed by atoms with van der Waals surface area (Å²) in [6.07, 6.45) is 0. The predicted molar refractivity (Wildman–Crippen MR) is 66.3 cm³/mol. The molecule has 0 bridgehead atoms. The fourth-order valence-electron chi connectivity index (χ4n) is 1.30. The first-order chi connectivity index (χ1) is 7.11. The van der Waals surface area contributed by atoms with Gasteiger partial charge in [0.1, 0.15) is 0 Å². The van der Waals surface area contributed by atoms with Crippen molar-refractivity contribution in [3.8, 4) is 0 Å². The molecule has 82 valence electrons. The Bertz CT molecular complexity index is 311. The van der Waals surface area contributed by atoms with E-state index in [4.69, 9.17) is 0 Å². The first-order valence-corrected chi connectivity index (χ1v) is 5.63. The van der Waals surface area contributed by atoms with E-state index in [1.807, 2.05) is 18.2 Å². The van der Waals surface area contributed by atoms with Crippen LogP contribution in [0.1, 0.15) is 25.3 Å². The fourth-order valence-corrected chi connectivity index (χ4v) is 1.39. The van der Waals surface area contributed by atoms with Gasteiger partial charge in [0.2, 0.25) is 5.91 Å². The van der Waals surface area contributed by atoms with E-state index in [2.05, 4.69) is 37.0 Å². The van der Waals surface area contributed by atoms with Crippen molar-refractivity contribution in [2.75, 3.05) is 6.54 Å². The van der Waals surface area contributed by atoms with Gasteiger partial charge in [0.15, 0.2) is 0 Å². The summed E-state index contributed by atoms with van der Waals surface area (Å²) in [4.78, 5) is 11.3. The van der Waals surface area contributed by atoms with E-state index >= 15 is 0 Å². The second-order valence-corrected chi connectivity index (χ2v) is 4.51. The molecular weight excluding hydrogens is 206 g/mol. The minimum absolute atomic E-state index is 0.0129. The van der Waals surface area contributed by atoms with Crippen molar-refractivity contribution in [3.63, 3.8) is 0 Å². The molecule has 0 saturated heterocycles. The molecule has 0 aliphatic heterocycles. The standard InChI is InChI=1S/C12H17NOS/c1-9(8-13-12(14)10(2)15)11-6-4-3-5-7-11/h3-7,9-10,15H,8H2,1-2H3,(H,13,14). The summed E-state index contributed by atoms with van der Waals surface area (Å²) >= 11 is 4.07. The summed E-state index contributed by atoms with van der Waals surface area (Å²) in [6, 6.07) is 10.1. The molecule has 1 aromatic rings. The van der Waals surface area contributed by atoms with E-state index in [1.54, 1.807) is 6.92 Å². The molecule has 0 aromatic heterocycles. The average molecular weight is 223 g/mol. The summed E-state index contributed by atoms with van der Waals surface area (Å²) in [5.74, 6) is 0.323. The van der Waals surface area contributed by atoms with Gasteiger partial charge in [-0.15, -0.1) is 0 Å². The van der Waals surface area contributed by atoms with Gasteiger partial charge >= 0.3 is 0 Å². The van der Waals surface area contributed by atoms with Crippen LogP contribution in [0.2, 0.25) is 0 Å². The van der Waals surface area contributed by atoms with Crippen LogP contribution in [0.5, 0.6) is 0 Å². The Morgan fingerprint density at radius 2 is 1.93 bits per heavy atom. The van der Waals surface area contributed by atoms with Crippen molar-refractivity contribution >= 4 is 18.5 Å². The minimum Gasteiger partial charge on any atom is -0.355 e. The zero-order valence-corrected chi connectivity index (χ0v) is 10.00. The zero-order valence-electron chi connectivity index (χ0n) is 9.10. The molecule has 0 radical (unpaired) electrons. The number of rotatable bonds is 4. The van der Waals surface area contributed by atoms with Crippen LogP contribution in [0.4, 0.5) is 0 Å². The van der Waals surface area contributed by atoms with Crippen molar-refractivity contribution in [1.82, 2.24) is 5.32 Å². The van der Waals surface area contributed by atoms with Crippen LogP contribution in [0.15, 0.2) is 30.3 Å². The molecular formula is C12H17NOS. The lowest BCUT2D eigenvalue weighted by atomic mass is 10.0. The maximum absolute atomic E-state index is 11.3. The summed E-state index contributed by atoms with van der Waals surface area (Å²) < 4.78 is 0. The summed E-state index contributed by atoms with van der Waals surface area (Å²) in [5.41, 5.74) is 1.24. The first-order valence-electron chi connectivity index (χ1n) is 5.12. The van der Waals surface area contributed by atoms with Gasteiger partial charge < -0.3 is 5.32 Å². The Hall–Kier alpha value is -0.960. The van der Waals surface area contributed by atoms with E-state index in [9.17, 15) is 4.79 Å². The molecule has 1 amide bonds.